The number of nitrogens with one attached hydrogen (secondary N) is 2. The van der Waals surface area contributed by atoms with Crippen LogP contribution >= 0.6 is 0 Å². The number of amides is 1. The van der Waals surface area contributed by atoms with Crippen LogP contribution in [0.2, 0.25) is 0 Å². The fourth-order valence-electron chi connectivity index (χ4n) is 1.37. The topological polar surface area (TPSA) is 78.1 Å². The lowest BCUT2D eigenvalue weighted by atomic mass is 10.4. The van der Waals surface area contributed by atoms with Gasteiger partial charge in [0.15, 0.2) is 0 Å². The molecule has 21 heavy (non-hydrogen) atoms. The number of ether oxygens (including phenoxy) is 4. The minimum absolute atomic E-state index is 0.493. The Hall–Kier alpha value is -0.730. The third-order valence-electron chi connectivity index (χ3n) is 2.39. The number of rotatable bonds is 17. The summed E-state index contributed by atoms with van der Waals surface area (Å²) in [7, 11) is 0. The van der Waals surface area contributed by atoms with Crippen LogP contribution in [-0.2, 0) is 23.7 Å². The number of hydrogen-bond acceptors (Lipinski definition) is 6. The first-order valence-electron chi connectivity index (χ1n) is 7.48. The summed E-state index contributed by atoms with van der Waals surface area (Å²) < 4.78 is 21.3. The van der Waals surface area contributed by atoms with Gasteiger partial charge in [-0.15, -0.1) is 0 Å². The first kappa shape index (κ1) is 20.3. The van der Waals surface area contributed by atoms with Crippen LogP contribution in [-0.4, -0.2) is 78.4 Å². The summed E-state index contributed by atoms with van der Waals surface area (Å²) in [5.41, 5.74) is 0. The van der Waals surface area contributed by atoms with Crippen molar-refractivity contribution < 1.29 is 23.7 Å². The van der Waals surface area contributed by atoms with Gasteiger partial charge in [0.25, 0.3) is 0 Å². The largest absolute Gasteiger partial charge is 0.378 e. The highest BCUT2D eigenvalue weighted by Gasteiger charge is 1.94. The monoisotopic (exact) mass is 306 g/mol. The highest BCUT2D eigenvalue weighted by molar-refractivity contribution is 5.45. The zero-order chi connectivity index (χ0) is 15.6. The molecule has 0 spiro atoms. The van der Waals surface area contributed by atoms with Crippen molar-refractivity contribution in [2.45, 2.75) is 19.9 Å². The summed E-state index contributed by atoms with van der Waals surface area (Å²) in [6, 6.07) is 0.493. The van der Waals surface area contributed by atoms with Crippen molar-refractivity contribution in [3.63, 3.8) is 0 Å². The third kappa shape index (κ3) is 19.3. The second kappa shape index (κ2) is 17.3. The second-order valence-electron chi connectivity index (χ2n) is 4.63. The number of hydrogen-bond donors (Lipinski definition) is 2. The van der Waals surface area contributed by atoms with E-state index in [2.05, 4.69) is 24.5 Å². The van der Waals surface area contributed by atoms with Gasteiger partial charge in [-0.05, 0) is 0 Å². The Balaban J connectivity index is 2.95. The van der Waals surface area contributed by atoms with Gasteiger partial charge in [-0.3, -0.25) is 4.79 Å². The van der Waals surface area contributed by atoms with Crippen molar-refractivity contribution in [3.8, 4) is 0 Å². The summed E-state index contributed by atoms with van der Waals surface area (Å²) >= 11 is 0. The fraction of sp³-hybridized carbons (Fsp3) is 0.929. The molecule has 0 aliphatic carbocycles. The Morgan fingerprint density at radius 3 is 1.62 bits per heavy atom. The molecule has 126 valence electrons. The standard InChI is InChI=1S/C14H30N2O5/c1-14(2)16-4-6-19-8-10-21-12-11-20-9-7-18-5-3-15-13-17/h13-14,16H,3-12H2,1-2H3,(H,15,17). The van der Waals surface area contributed by atoms with E-state index in [1.165, 1.54) is 0 Å². The normalized spacial score (nSPS) is 11.0. The average Bonchev–Trinajstić information content (AvgIpc) is 2.46. The van der Waals surface area contributed by atoms with E-state index in [4.69, 9.17) is 18.9 Å². The van der Waals surface area contributed by atoms with Crippen LogP contribution in [0.3, 0.4) is 0 Å². The molecule has 0 radical (unpaired) electrons. The molecule has 0 saturated carbocycles. The van der Waals surface area contributed by atoms with Gasteiger partial charge in [0.1, 0.15) is 0 Å². The van der Waals surface area contributed by atoms with Crippen LogP contribution in [0.4, 0.5) is 0 Å². The highest BCUT2D eigenvalue weighted by Crippen LogP contribution is 1.83. The molecule has 1 amide bonds. The first-order valence-corrected chi connectivity index (χ1v) is 7.48. The Labute approximate surface area is 127 Å². The molecule has 0 fully saturated rings. The summed E-state index contributed by atoms with van der Waals surface area (Å²) in [6.07, 6.45) is 0.655. The van der Waals surface area contributed by atoms with Gasteiger partial charge in [-0.25, -0.2) is 0 Å². The molecule has 0 rings (SSSR count). The maximum atomic E-state index is 9.95. The van der Waals surface area contributed by atoms with Crippen LogP contribution in [0.25, 0.3) is 0 Å². The zero-order valence-electron chi connectivity index (χ0n) is 13.3. The van der Waals surface area contributed by atoms with Gasteiger partial charge in [0.05, 0.1) is 52.9 Å². The van der Waals surface area contributed by atoms with Gasteiger partial charge in [0, 0.05) is 19.1 Å². The van der Waals surface area contributed by atoms with Crippen molar-refractivity contribution in [3.05, 3.63) is 0 Å². The summed E-state index contributed by atoms with van der Waals surface area (Å²) in [5, 5.41) is 5.79. The predicted molar refractivity (Wildman–Crippen MR) is 80.5 cm³/mol. The van der Waals surface area contributed by atoms with Crippen molar-refractivity contribution in [2.24, 2.45) is 0 Å². The third-order valence-corrected chi connectivity index (χ3v) is 2.39. The smallest absolute Gasteiger partial charge is 0.207 e. The van der Waals surface area contributed by atoms with Crippen LogP contribution in [0, 0.1) is 0 Å². The lowest BCUT2D eigenvalue weighted by molar-refractivity contribution is -0.109. The molecule has 0 aromatic heterocycles. The van der Waals surface area contributed by atoms with E-state index < -0.39 is 0 Å². The first-order chi connectivity index (χ1) is 10.3. The maximum absolute atomic E-state index is 9.95. The molecule has 2 N–H and O–H groups in total. The van der Waals surface area contributed by atoms with Gasteiger partial charge in [0.2, 0.25) is 6.41 Å². The molecule has 0 atom stereocenters. The molecule has 0 bridgehead atoms. The molecule has 0 aliphatic heterocycles. The molecule has 0 unspecified atom stereocenters. The number of carbonyl (C=O) groups excluding carboxylic acids is 1. The number of carbonyl (C=O) groups is 1. The van der Waals surface area contributed by atoms with Gasteiger partial charge in [-0.1, -0.05) is 13.8 Å². The molecule has 0 aromatic rings. The minimum Gasteiger partial charge on any atom is -0.378 e. The lowest BCUT2D eigenvalue weighted by Gasteiger charge is -2.09. The molecule has 0 aliphatic rings. The van der Waals surface area contributed by atoms with Crippen molar-refractivity contribution in [1.29, 1.82) is 0 Å². The van der Waals surface area contributed by atoms with Crippen molar-refractivity contribution >= 4 is 6.41 Å². The van der Waals surface area contributed by atoms with Gasteiger partial charge >= 0.3 is 0 Å². The Kier molecular flexibility index (Phi) is 16.7. The predicted octanol–water partition coefficient (Wildman–Crippen LogP) is -0.203. The zero-order valence-corrected chi connectivity index (χ0v) is 13.3. The van der Waals surface area contributed by atoms with Crippen molar-refractivity contribution in [1.82, 2.24) is 10.6 Å². The molecular weight excluding hydrogens is 276 g/mol. The quantitative estimate of drug-likeness (QED) is 0.286. The molecule has 7 nitrogen and oxygen atoms in total. The van der Waals surface area contributed by atoms with E-state index in [1.54, 1.807) is 0 Å². The van der Waals surface area contributed by atoms with E-state index in [1.807, 2.05) is 0 Å². The van der Waals surface area contributed by atoms with Crippen LogP contribution < -0.4 is 10.6 Å². The maximum Gasteiger partial charge on any atom is 0.207 e. The minimum atomic E-state index is 0.493. The van der Waals surface area contributed by atoms with Crippen molar-refractivity contribution in [2.75, 3.05) is 65.9 Å². The van der Waals surface area contributed by atoms with E-state index >= 15 is 0 Å². The Morgan fingerprint density at radius 1 is 0.762 bits per heavy atom. The van der Waals surface area contributed by atoms with Gasteiger partial charge < -0.3 is 29.6 Å². The second-order valence-corrected chi connectivity index (χ2v) is 4.63. The van der Waals surface area contributed by atoms with E-state index in [-0.39, 0.29) is 0 Å². The molecule has 0 saturated heterocycles. The molecule has 0 heterocycles. The van der Waals surface area contributed by atoms with Gasteiger partial charge in [-0.2, -0.15) is 0 Å². The highest BCUT2D eigenvalue weighted by atomic mass is 16.6. The van der Waals surface area contributed by atoms with Crippen LogP contribution in [0.5, 0.6) is 0 Å². The summed E-state index contributed by atoms with van der Waals surface area (Å²) in [4.78, 5) is 9.95. The summed E-state index contributed by atoms with van der Waals surface area (Å²) in [5.74, 6) is 0. The SMILES string of the molecule is CC(C)NCCOCCOCCOCCOCCNC=O. The molecule has 7 heteroatoms. The summed E-state index contributed by atoms with van der Waals surface area (Å²) in [6.45, 7) is 10.1. The van der Waals surface area contributed by atoms with E-state index in [0.717, 1.165) is 6.54 Å². The van der Waals surface area contributed by atoms with E-state index in [9.17, 15) is 4.79 Å². The molecular formula is C14H30N2O5. The lowest BCUT2D eigenvalue weighted by Crippen LogP contribution is -2.27. The molecule has 0 aromatic carbocycles. The Bertz CT molecular complexity index is 218. The van der Waals surface area contributed by atoms with Crippen LogP contribution in [0.15, 0.2) is 0 Å². The average molecular weight is 306 g/mol. The van der Waals surface area contributed by atoms with Crippen LogP contribution in [0.1, 0.15) is 13.8 Å². The fourth-order valence-corrected chi connectivity index (χ4v) is 1.37. The van der Waals surface area contributed by atoms with E-state index in [0.29, 0.717) is 71.9 Å². The Morgan fingerprint density at radius 2 is 1.19 bits per heavy atom.